The number of carbonyl (C=O) groups excluding carboxylic acids is 2. The number of aromatic nitrogens is 2. The molecule has 2 fully saturated rings. The van der Waals surface area contributed by atoms with E-state index in [1.165, 1.54) is 6.42 Å². The average molecular weight is 415 g/mol. The van der Waals surface area contributed by atoms with E-state index in [0.29, 0.717) is 23.7 Å². The highest BCUT2D eigenvalue weighted by Crippen LogP contribution is 2.24. The van der Waals surface area contributed by atoms with Crippen LogP contribution in [0.3, 0.4) is 0 Å². The van der Waals surface area contributed by atoms with Crippen molar-refractivity contribution in [3.8, 4) is 5.69 Å². The maximum absolute atomic E-state index is 13.2. The summed E-state index contributed by atoms with van der Waals surface area (Å²) in [5, 5.41) is 5.03. The van der Waals surface area contributed by atoms with Crippen LogP contribution < -0.4 is 0 Å². The van der Waals surface area contributed by atoms with Crippen molar-refractivity contribution >= 4 is 23.4 Å². The van der Waals surface area contributed by atoms with E-state index in [2.05, 4.69) is 5.10 Å². The Morgan fingerprint density at radius 2 is 1.83 bits per heavy atom. The van der Waals surface area contributed by atoms with E-state index in [0.717, 1.165) is 50.2 Å². The Bertz CT molecular complexity index is 904. The number of likely N-dealkylation sites (tertiary alicyclic amines) is 2. The lowest BCUT2D eigenvalue weighted by Gasteiger charge is -2.36. The van der Waals surface area contributed by atoms with E-state index in [4.69, 9.17) is 11.6 Å². The molecule has 0 aliphatic carbocycles. The minimum absolute atomic E-state index is 0.0491. The number of hydrogen-bond acceptors (Lipinski definition) is 3. The van der Waals surface area contributed by atoms with Gasteiger partial charge in [0.05, 0.1) is 29.1 Å². The number of halogens is 1. The van der Waals surface area contributed by atoms with Gasteiger partial charge in [-0.1, -0.05) is 17.7 Å². The third-order valence-corrected chi connectivity index (χ3v) is 6.25. The molecule has 2 aromatic rings. The van der Waals surface area contributed by atoms with Gasteiger partial charge >= 0.3 is 0 Å². The topological polar surface area (TPSA) is 58.4 Å². The van der Waals surface area contributed by atoms with Crippen molar-refractivity contribution in [3.05, 3.63) is 46.7 Å². The van der Waals surface area contributed by atoms with Crippen molar-refractivity contribution in [1.82, 2.24) is 19.6 Å². The molecule has 3 heterocycles. The highest BCUT2D eigenvalue weighted by atomic mass is 35.5. The quantitative estimate of drug-likeness (QED) is 0.769. The Morgan fingerprint density at radius 3 is 2.59 bits per heavy atom. The van der Waals surface area contributed by atoms with Gasteiger partial charge in [0.15, 0.2) is 0 Å². The normalized spacial score (nSPS) is 20.0. The molecule has 1 aromatic heterocycles. The lowest BCUT2D eigenvalue weighted by molar-refractivity contribution is -0.137. The summed E-state index contributed by atoms with van der Waals surface area (Å²) >= 11 is 6.10. The second-order valence-corrected chi connectivity index (χ2v) is 8.45. The standard InChI is InChI=1S/C22H27ClN4O2/c1-16-20(14-24-27(16)19-9-5-8-18(23)13-19)22(29)26-12-6-7-17(15-26)21(28)25-10-3-2-4-11-25/h5,8-9,13-14,17H,2-4,6-7,10-12,15H2,1H3/t17-/m1/s1. The van der Waals surface area contributed by atoms with Crippen LogP contribution in [0.5, 0.6) is 0 Å². The zero-order chi connectivity index (χ0) is 20.4. The van der Waals surface area contributed by atoms with E-state index in [9.17, 15) is 9.59 Å². The minimum Gasteiger partial charge on any atom is -0.342 e. The van der Waals surface area contributed by atoms with Crippen LogP contribution in [0.4, 0.5) is 0 Å². The molecule has 0 unspecified atom stereocenters. The molecule has 7 heteroatoms. The van der Waals surface area contributed by atoms with E-state index in [-0.39, 0.29) is 17.7 Å². The fraction of sp³-hybridized carbons (Fsp3) is 0.500. The lowest BCUT2D eigenvalue weighted by atomic mass is 9.95. The summed E-state index contributed by atoms with van der Waals surface area (Å²) in [6.07, 6.45) is 6.72. The van der Waals surface area contributed by atoms with Gasteiger partial charge in [0, 0.05) is 31.2 Å². The summed E-state index contributed by atoms with van der Waals surface area (Å²) in [4.78, 5) is 29.9. The first kappa shape index (κ1) is 20.0. The summed E-state index contributed by atoms with van der Waals surface area (Å²) in [6.45, 7) is 4.78. The monoisotopic (exact) mass is 414 g/mol. The Balaban J connectivity index is 1.48. The maximum Gasteiger partial charge on any atom is 0.257 e. The summed E-state index contributed by atoms with van der Waals surface area (Å²) in [7, 11) is 0. The van der Waals surface area contributed by atoms with Crippen molar-refractivity contribution in [2.75, 3.05) is 26.2 Å². The molecule has 6 nitrogen and oxygen atoms in total. The first-order valence-electron chi connectivity index (χ1n) is 10.4. The zero-order valence-electron chi connectivity index (χ0n) is 16.8. The van der Waals surface area contributed by atoms with Crippen LogP contribution in [0, 0.1) is 12.8 Å². The van der Waals surface area contributed by atoms with Gasteiger partial charge in [-0.15, -0.1) is 0 Å². The van der Waals surface area contributed by atoms with E-state index < -0.39 is 0 Å². The fourth-order valence-corrected chi connectivity index (χ4v) is 4.58. The van der Waals surface area contributed by atoms with Crippen LogP contribution in [0.25, 0.3) is 5.69 Å². The van der Waals surface area contributed by atoms with Crippen molar-refractivity contribution in [1.29, 1.82) is 0 Å². The number of benzene rings is 1. The molecule has 2 aliphatic heterocycles. The van der Waals surface area contributed by atoms with Gasteiger partial charge in [0.25, 0.3) is 5.91 Å². The van der Waals surface area contributed by atoms with Crippen molar-refractivity contribution in [2.45, 2.75) is 39.0 Å². The second-order valence-electron chi connectivity index (χ2n) is 8.01. The van der Waals surface area contributed by atoms with Crippen molar-refractivity contribution < 1.29 is 9.59 Å². The molecule has 1 aromatic carbocycles. The van der Waals surface area contributed by atoms with Gasteiger partial charge in [-0.25, -0.2) is 4.68 Å². The highest BCUT2D eigenvalue weighted by Gasteiger charge is 2.33. The first-order valence-corrected chi connectivity index (χ1v) is 10.8. The van der Waals surface area contributed by atoms with Crippen LogP contribution in [-0.4, -0.2) is 57.6 Å². The SMILES string of the molecule is Cc1c(C(=O)N2CCC[C@@H](C(=O)N3CCCCC3)C2)cnn1-c1cccc(Cl)c1. The van der Waals surface area contributed by atoms with Crippen LogP contribution in [0.1, 0.15) is 48.2 Å². The van der Waals surface area contributed by atoms with Crippen molar-refractivity contribution in [2.24, 2.45) is 5.92 Å². The van der Waals surface area contributed by atoms with Gasteiger partial charge in [-0.05, 0) is 57.2 Å². The summed E-state index contributed by atoms with van der Waals surface area (Å²) in [5.74, 6) is 0.0783. The molecule has 0 bridgehead atoms. The summed E-state index contributed by atoms with van der Waals surface area (Å²) < 4.78 is 1.74. The Labute approximate surface area is 176 Å². The third kappa shape index (κ3) is 4.17. The number of amides is 2. The molecule has 0 spiro atoms. The Hall–Kier alpha value is -2.34. The van der Waals surface area contributed by atoms with Crippen molar-refractivity contribution in [3.63, 3.8) is 0 Å². The first-order chi connectivity index (χ1) is 14.0. The molecule has 0 N–H and O–H groups in total. The van der Waals surface area contributed by atoms with E-state index in [1.54, 1.807) is 10.9 Å². The summed E-state index contributed by atoms with van der Waals surface area (Å²) in [6, 6.07) is 7.41. The highest BCUT2D eigenvalue weighted by molar-refractivity contribution is 6.30. The molecular weight excluding hydrogens is 388 g/mol. The van der Waals surface area contributed by atoms with Crippen LogP contribution in [0.15, 0.2) is 30.5 Å². The molecular formula is C22H27ClN4O2. The summed E-state index contributed by atoms with van der Waals surface area (Å²) in [5.41, 5.74) is 2.18. The van der Waals surface area contributed by atoms with Gasteiger partial charge in [0.2, 0.25) is 5.91 Å². The molecule has 2 amide bonds. The molecule has 0 radical (unpaired) electrons. The zero-order valence-corrected chi connectivity index (χ0v) is 17.6. The third-order valence-electron chi connectivity index (χ3n) is 6.02. The smallest absolute Gasteiger partial charge is 0.257 e. The Morgan fingerprint density at radius 1 is 1.07 bits per heavy atom. The molecule has 2 aliphatic rings. The van der Waals surface area contributed by atoms with Gasteiger partial charge < -0.3 is 9.80 Å². The van der Waals surface area contributed by atoms with Crippen LogP contribution >= 0.6 is 11.6 Å². The molecule has 4 rings (SSSR count). The van der Waals surface area contributed by atoms with Crippen LogP contribution in [0.2, 0.25) is 5.02 Å². The molecule has 0 saturated carbocycles. The largest absolute Gasteiger partial charge is 0.342 e. The predicted molar refractivity (Wildman–Crippen MR) is 112 cm³/mol. The Kier molecular flexibility index (Phi) is 5.90. The van der Waals surface area contributed by atoms with E-state index >= 15 is 0 Å². The van der Waals surface area contributed by atoms with Gasteiger partial charge in [0.1, 0.15) is 0 Å². The number of nitrogens with zero attached hydrogens (tertiary/aromatic N) is 4. The second kappa shape index (κ2) is 8.57. The minimum atomic E-state index is -0.0888. The fourth-order valence-electron chi connectivity index (χ4n) is 4.39. The maximum atomic E-state index is 13.2. The molecule has 2 saturated heterocycles. The molecule has 1 atom stereocenters. The predicted octanol–water partition coefficient (Wildman–Crippen LogP) is 3.70. The number of rotatable bonds is 3. The molecule has 29 heavy (non-hydrogen) atoms. The lowest BCUT2D eigenvalue weighted by Crippen LogP contribution is -2.48. The number of carbonyl (C=O) groups is 2. The van der Waals surface area contributed by atoms with Gasteiger partial charge in [-0.3, -0.25) is 9.59 Å². The van der Waals surface area contributed by atoms with E-state index in [1.807, 2.05) is 41.0 Å². The average Bonchev–Trinajstić information content (AvgIpc) is 3.14. The van der Waals surface area contributed by atoms with Gasteiger partial charge in [-0.2, -0.15) is 5.10 Å². The van der Waals surface area contributed by atoms with Crippen LogP contribution in [-0.2, 0) is 4.79 Å². The number of piperidine rings is 2. The number of hydrogen-bond donors (Lipinski definition) is 0. The molecule has 154 valence electrons.